The molecule has 0 saturated heterocycles. The van der Waals surface area contributed by atoms with Gasteiger partial charge in [-0.05, 0) is 37.1 Å². The van der Waals surface area contributed by atoms with Gasteiger partial charge in [-0.2, -0.15) is 0 Å². The van der Waals surface area contributed by atoms with Gasteiger partial charge < -0.3 is 15.9 Å². The number of aliphatic hydroxyl groups is 2. The van der Waals surface area contributed by atoms with E-state index in [4.69, 9.17) is 5.73 Å². The van der Waals surface area contributed by atoms with E-state index >= 15 is 0 Å². The number of nitrogens with two attached hydrogens (primary N) is 1. The van der Waals surface area contributed by atoms with Gasteiger partial charge in [0.05, 0.1) is 6.10 Å². The predicted octanol–water partition coefficient (Wildman–Crippen LogP) is 1.58. The van der Waals surface area contributed by atoms with Crippen molar-refractivity contribution >= 4 is 0 Å². The van der Waals surface area contributed by atoms with Crippen LogP contribution >= 0.6 is 0 Å². The Bertz CT molecular complexity index is 420. The molecule has 4 N–H and O–H groups in total. The lowest BCUT2D eigenvalue weighted by Gasteiger charge is -2.09. The van der Waals surface area contributed by atoms with Crippen molar-refractivity contribution in [2.45, 2.75) is 38.4 Å². The SMILES string of the molecule is CCCC(O)C#Cc1cccc(C(O)CCN)c1. The third-order valence-corrected chi connectivity index (χ3v) is 2.66. The highest BCUT2D eigenvalue weighted by Crippen LogP contribution is 2.16. The smallest absolute Gasteiger partial charge is 0.115 e. The van der Waals surface area contributed by atoms with E-state index in [1.165, 1.54) is 0 Å². The largest absolute Gasteiger partial charge is 0.388 e. The van der Waals surface area contributed by atoms with Gasteiger partial charge >= 0.3 is 0 Å². The second kappa shape index (κ2) is 7.88. The summed E-state index contributed by atoms with van der Waals surface area (Å²) in [6.45, 7) is 2.46. The minimum absolute atomic E-state index is 0.451. The number of hydrogen-bond donors (Lipinski definition) is 3. The number of rotatable bonds is 5. The molecule has 0 heterocycles. The standard InChI is InChI=1S/C15H21NO2/c1-2-4-14(17)8-7-12-5-3-6-13(11-12)15(18)9-10-16/h3,5-6,11,14-15,17-18H,2,4,9-10,16H2,1H3. The van der Waals surface area contributed by atoms with Crippen LogP contribution in [0.5, 0.6) is 0 Å². The van der Waals surface area contributed by atoms with Crippen LogP contribution in [-0.2, 0) is 0 Å². The van der Waals surface area contributed by atoms with Crippen LogP contribution in [0.15, 0.2) is 24.3 Å². The second-order valence-electron chi connectivity index (χ2n) is 4.29. The number of aliphatic hydroxyl groups excluding tert-OH is 2. The first kappa shape index (κ1) is 14.7. The molecule has 0 saturated carbocycles. The van der Waals surface area contributed by atoms with Crippen LogP contribution in [0.1, 0.15) is 43.4 Å². The van der Waals surface area contributed by atoms with E-state index < -0.39 is 12.2 Å². The van der Waals surface area contributed by atoms with Crippen molar-refractivity contribution in [1.29, 1.82) is 0 Å². The Morgan fingerprint density at radius 1 is 1.28 bits per heavy atom. The average molecular weight is 247 g/mol. The van der Waals surface area contributed by atoms with E-state index in [0.29, 0.717) is 19.4 Å². The molecule has 0 amide bonds. The zero-order valence-electron chi connectivity index (χ0n) is 10.8. The van der Waals surface area contributed by atoms with Crippen molar-refractivity contribution in [3.05, 3.63) is 35.4 Å². The third-order valence-electron chi connectivity index (χ3n) is 2.66. The fourth-order valence-corrected chi connectivity index (χ4v) is 1.66. The van der Waals surface area contributed by atoms with Gasteiger partial charge in [-0.1, -0.05) is 37.3 Å². The highest BCUT2D eigenvalue weighted by Gasteiger charge is 2.06. The number of hydrogen-bond acceptors (Lipinski definition) is 3. The zero-order valence-corrected chi connectivity index (χ0v) is 10.8. The summed E-state index contributed by atoms with van der Waals surface area (Å²) in [5.41, 5.74) is 7.04. The summed E-state index contributed by atoms with van der Waals surface area (Å²) in [6, 6.07) is 7.41. The van der Waals surface area contributed by atoms with Crippen molar-refractivity contribution in [1.82, 2.24) is 0 Å². The average Bonchev–Trinajstić information content (AvgIpc) is 2.37. The Morgan fingerprint density at radius 3 is 2.72 bits per heavy atom. The summed E-state index contributed by atoms with van der Waals surface area (Å²) >= 11 is 0. The van der Waals surface area contributed by atoms with Crippen LogP contribution in [0, 0.1) is 11.8 Å². The van der Waals surface area contributed by atoms with Crippen LogP contribution in [0.4, 0.5) is 0 Å². The molecule has 1 aromatic rings. The van der Waals surface area contributed by atoms with E-state index in [1.54, 1.807) is 0 Å². The maximum atomic E-state index is 9.83. The molecular formula is C15H21NO2. The van der Waals surface area contributed by atoms with Crippen molar-refractivity contribution < 1.29 is 10.2 Å². The molecule has 2 unspecified atom stereocenters. The molecule has 2 atom stereocenters. The van der Waals surface area contributed by atoms with Gasteiger partial charge in [0.1, 0.15) is 6.10 Å². The molecular weight excluding hydrogens is 226 g/mol. The van der Waals surface area contributed by atoms with Crippen molar-refractivity contribution in [2.24, 2.45) is 5.73 Å². The highest BCUT2D eigenvalue weighted by molar-refractivity contribution is 5.38. The maximum absolute atomic E-state index is 9.83. The van der Waals surface area contributed by atoms with E-state index in [1.807, 2.05) is 31.2 Å². The normalized spacial score (nSPS) is 13.6. The molecule has 0 aliphatic rings. The van der Waals surface area contributed by atoms with E-state index in [0.717, 1.165) is 17.5 Å². The van der Waals surface area contributed by atoms with Gasteiger partial charge in [0.2, 0.25) is 0 Å². The monoisotopic (exact) mass is 247 g/mol. The van der Waals surface area contributed by atoms with Crippen LogP contribution < -0.4 is 5.73 Å². The van der Waals surface area contributed by atoms with E-state index in [-0.39, 0.29) is 0 Å². The van der Waals surface area contributed by atoms with Crippen molar-refractivity contribution in [3.63, 3.8) is 0 Å². The fraction of sp³-hybridized carbons (Fsp3) is 0.467. The van der Waals surface area contributed by atoms with Gasteiger partial charge in [-0.15, -0.1) is 0 Å². The van der Waals surface area contributed by atoms with E-state index in [2.05, 4.69) is 11.8 Å². The van der Waals surface area contributed by atoms with Crippen LogP contribution in [0.25, 0.3) is 0 Å². The molecule has 1 aromatic carbocycles. The van der Waals surface area contributed by atoms with Gasteiger partial charge in [-0.3, -0.25) is 0 Å². The van der Waals surface area contributed by atoms with Gasteiger partial charge in [0, 0.05) is 5.56 Å². The van der Waals surface area contributed by atoms with Crippen LogP contribution in [-0.4, -0.2) is 22.9 Å². The molecule has 0 bridgehead atoms. The topological polar surface area (TPSA) is 66.5 Å². The molecule has 98 valence electrons. The quantitative estimate of drug-likeness (QED) is 0.692. The van der Waals surface area contributed by atoms with Gasteiger partial charge in [-0.25, -0.2) is 0 Å². The first-order chi connectivity index (χ1) is 8.67. The van der Waals surface area contributed by atoms with Gasteiger partial charge in [0.25, 0.3) is 0 Å². The van der Waals surface area contributed by atoms with Gasteiger partial charge in [0.15, 0.2) is 0 Å². The summed E-state index contributed by atoms with van der Waals surface area (Å²) in [4.78, 5) is 0. The molecule has 18 heavy (non-hydrogen) atoms. The molecule has 0 aliphatic carbocycles. The first-order valence-corrected chi connectivity index (χ1v) is 6.35. The molecule has 1 rings (SSSR count). The van der Waals surface area contributed by atoms with Crippen molar-refractivity contribution in [3.8, 4) is 11.8 Å². The molecule has 0 fully saturated rings. The zero-order chi connectivity index (χ0) is 13.4. The Labute approximate surface area is 109 Å². The Balaban J connectivity index is 2.75. The lowest BCUT2D eigenvalue weighted by molar-refractivity contribution is 0.170. The molecule has 3 heteroatoms. The summed E-state index contributed by atoms with van der Waals surface area (Å²) < 4.78 is 0. The van der Waals surface area contributed by atoms with Crippen LogP contribution in [0.2, 0.25) is 0 Å². The second-order valence-corrected chi connectivity index (χ2v) is 4.29. The maximum Gasteiger partial charge on any atom is 0.115 e. The Morgan fingerprint density at radius 2 is 2.06 bits per heavy atom. The Kier molecular flexibility index (Phi) is 6.45. The summed E-state index contributed by atoms with van der Waals surface area (Å²) in [5.74, 6) is 5.72. The molecule has 0 radical (unpaired) electrons. The van der Waals surface area contributed by atoms with Crippen LogP contribution in [0.3, 0.4) is 0 Å². The van der Waals surface area contributed by atoms with Crippen molar-refractivity contribution in [2.75, 3.05) is 6.54 Å². The fourth-order valence-electron chi connectivity index (χ4n) is 1.66. The number of benzene rings is 1. The highest BCUT2D eigenvalue weighted by atomic mass is 16.3. The minimum Gasteiger partial charge on any atom is -0.388 e. The third kappa shape index (κ3) is 4.89. The summed E-state index contributed by atoms with van der Waals surface area (Å²) in [6.07, 6.45) is 1.01. The predicted molar refractivity (Wildman–Crippen MR) is 72.9 cm³/mol. The minimum atomic E-state index is -0.576. The molecule has 0 aliphatic heterocycles. The summed E-state index contributed by atoms with van der Waals surface area (Å²) in [7, 11) is 0. The lowest BCUT2D eigenvalue weighted by atomic mass is 10.0. The van der Waals surface area contributed by atoms with E-state index in [9.17, 15) is 10.2 Å². The summed E-state index contributed by atoms with van der Waals surface area (Å²) in [5, 5.41) is 19.4. The molecule has 0 spiro atoms. The first-order valence-electron chi connectivity index (χ1n) is 6.35. The molecule has 0 aromatic heterocycles. The Hall–Kier alpha value is -1.34. The lowest BCUT2D eigenvalue weighted by Crippen LogP contribution is -2.06. The molecule has 3 nitrogen and oxygen atoms in total.